The summed E-state index contributed by atoms with van der Waals surface area (Å²) < 4.78 is 21.2. The van der Waals surface area contributed by atoms with Crippen molar-refractivity contribution in [3.05, 3.63) is 18.2 Å². The smallest absolute Gasteiger partial charge is 0.412 e. The molecule has 2 atom stereocenters. The van der Waals surface area contributed by atoms with Crippen molar-refractivity contribution < 1.29 is 28.5 Å². The molecule has 1 aromatic rings. The molecule has 1 saturated carbocycles. The molecule has 1 aliphatic carbocycles. The van der Waals surface area contributed by atoms with Crippen LogP contribution in [-0.2, 0) is 4.74 Å². The SMILES string of the molecule is CC1(C)CC(OC(N)=O)CC(C)(CNC(=O)Oc2cccc3c2OCO3)C1. The summed E-state index contributed by atoms with van der Waals surface area (Å²) in [6, 6.07) is 5.12. The van der Waals surface area contributed by atoms with Gasteiger partial charge >= 0.3 is 12.2 Å². The second-order valence-electron chi connectivity index (χ2n) is 8.35. The van der Waals surface area contributed by atoms with E-state index in [1.54, 1.807) is 18.2 Å². The second kappa shape index (κ2) is 7.17. The van der Waals surface area contributed by atoms with Gasteiger partial charge in [0, 0.05) is 6.54 Å². The Morgan fingerprint density at radius 2 is 2.04 bits per heavy atom. The normalized spacial score (nSPS) is 25.5. The fourth-order valence-corrected chi connectivity index (χ4v) is 4.33. The molecular formula is C19H26N2O6. The number of fused-ring (bicyclic) bond motifs is 1. The molecule has 27 heavy (non-hydrogen) atoms. The predicted octanol–water partition coefficient (Wildman–Crippen LogP) is 3.18. The summed E-state index contributed by atoms with van der Waals surface area (Å²) >= 11 is 0. The van der Waals surface area contributed by atoms with Crippen LogP contribution in [0.2, 0.25) is 0 Å². The summed E-state index contributed by atoms with van der Waals surface area (Å²) in [4.78, 5) is 23.4. The van der Waals surface area contributed by atoms with Crippen LogP contribution in [0.15, 0.2) is 18.2 Å². The van der Waals surface area contributed by atoms with E-state index < -0.39 is 12.2 Å². The number of nitrogens with one attached hydrogen (secondary N) is 1. The topological polar surface area (TPSA) is 109 Å². The first-order chi connectivity index (χ1) is 12.7. The Morgan fingerprint density at radius 1 is 1.26 bits per heavy atom. The van der Waals surface area contributed by atoms with Gasteiger partial charge in [0.2, 0.25) is 12.5 Å². The van der Waals surface area contributed by atoms with Gasteiger partial charge in [-0.05, 0) is 42.2 Å². The molecule has 148 valence electrons. The minimum atomic E-state index is -0.771. The van der Waals surface area contributed by atoms with Crippen LogP contribution < -0.4 is 25.3 Å². The number of carbonyl (C=O) groups excluding carboxylic acids is 2. The van der Waals surface area contributed by atoms with Crippen LogP contribution in [0.25, 0.3) is 0 Å². The lowest BCUT2D eigenvalue weighted by atomic mass is 9.63. The van der Waals surface area contributed by atoms with Crippen molar-refractivity contribution in [1.29, 1.82) is 0 Å². The Balaban J connectivity index is 1.60. The molecule has 2 amide bonds. The molecule has 2 aliphatic rings. The summed E-state index contributed by atoms with van der Waals surface area (Å²) in [7, 11) is 0. The van der Waals surface area contributed by atoms with Crippen molar-refractivity contribution in [3.8, 4) is 17.2 Å². The molecule has 1 heterocycles. The molecule has 1 aliphatic heterocycles. The maximum Gasteiger partial charge on any atom is 0.412 e. The van der Waals surface area contributed by atoms with Crippen molar-refractivity contribution in [2.75, 3.05) is 13.3 Å². The quantitative estimate of drug-likeness (QED) is 0.833. The fourth-order valence-electron chi connectivity index (χ4n) is 4.33. The van der Waals surface area contributed by atoms with Crippen molar-refractivity contribution in [2.24, 2.45) is 16.6 Å². The van der Waals surface area contributed by atoms with Crippen LogP contribution >= 0.6 is 0 Å². The van der Waals surface area contributed by atoms with E-state index in [4.69, 9.17) is 24.7 Å². The lowest BCUT2D eigenvalue weighted by Crippen LogP contribution is -2.47. The average molecular weight is 378 g/mol. The Labute approximate surface area is 158 Å². The number of carbonyl (C=O) groups is 2. The molecule has 1 aromatic carbocycles. The Morgan fingerprint density at radius 3 is 2.78 bits per heavy atom. The van der Waals surface area contributed by atoms with E-state index in [0.717, 1.165) is 12.8 Å². The molecule has 0 saturated heterocycles. The van der Waals surface area contributed by atoms with E-state index in [-0.39, 0.29) is 23.7 Å². The van der Waals surface area contributed by atoms with Crippen molar-refractivity contribution >= 4 is 12.2 Å². The van der Waals surface area contributed by atoms with Gasteiger partial charge in [0.25, 0.3) is 0 Å². The monoisotopic (exact) mass is 378 g/mol. The number of hydrogen-bond donors (Lipinski definition) is 2. The van der Waals surface area contributed by atoms with Crippen molar-refractivity contribution in [2.45, 2.75) is 46.1 Å². The van der Waals surface area contributed by atoms with E-state index >= 15 is 0 Å². The highest BCUT2D eigenvalue weighted by Gasteiger charge is 2.42. The average Bonchev–Trinajstić information content (AvgIpc) is 3.00. The Hall–Kier alpha value is -2.64. The van der Waals surface area contributed by atoms with E-state index in [1.165, 1.54) is 0 Å². The number of benzene rings is 1. The molecule has 0 bridgehead atoms. The van der Waals surface area contributed by atoms with Crippen LogP contribution in [0, 0.1) is 10.8 Å². The summed E-state index contributed by atoms with van der Waals surface area (Å²) in [5.41, 5.74) is 4.89. The van der Waals surface area contributed by atoms with E-state index in [1.807, 2.05) is 0 Å². The van der Waals surface area contributed by atoms with Gasteiger partial charge in [-0.3, -0.25) is 0 Å². The molecule has 3 rings (SSSR count). The number of amides is 2. The molecule has 0 aromatic heterocycles. The van der Waals surface area contributed by atoms with Gasteiger partial charge < -0.3 is 30.0 Å². The highest BCUT2D eigenvalue weighted by atomic mass is 16.7. The lowest BCUT2D eigenvalue weighted by molar-refractivity contribution is -0.0163. The second-order valence-corrected chi connectivity index (χ2v) is 8.35. The minimum absolute atomic E-state index is 0.0376. The molecular weight excluding hydrogens is 352 g/mol. The zero-order valence-corrected chi connectivity index (χ0v) is 15.9. The maximum absolute atomic E-state index is 12.3. The summed E-state index contributed by atoms with van der Waals surface area (Å²) in [5, 5.41) is 2.81. The number of hydrogen-bond acceptors (Lipinski definition) is 6. The van der Waals surface area contributed by atoms with Crippen molar-refractivity contribution in [1.82, 2.24) is 5.32 Å². The van der Waals surface area contributed by atoms with E-state index in [9.17, 15) is 9.59 Å². The molecule has 3 N–H and O–H groups in total. The van der Waals surface area contributed by atoms with Gasteiger partial charge in [-0.1, -0.05) is 26.8 Å². The van der Waals surface area contributed by atoms with Gasteiger partial charge in [-0.15, -0.1) is 0 Å². The molecule has 8 nitrogen and oxygen atoms in total. The van der Waals surface area contributed by atoms with Gasteiger partial charge in [0.05, 0.1) is 0 Å². The zero-order valence-electron chi connectivity index (χ0n) is 15.9. The van der Waals surface area contributed by atoms with Gasteiger partial charge in [0.15, 0.2) is 11.5 Å². The van der Waals surface area contributed by atoms with Crippen LogP contribution in [-0.4, -0.2) is 31.6 Å². The van der Waals surface area contributed by atoms with Crippen molar-refractivity contribution in [3.63, 3.8) is 0 Å². The zero-order chi connectivity index (χ0) is 19.7. The summed E-state index contributed by atoms with van der Waals surface area (Å²) in [5.74, 6) is 1.28. The summed E-state index contributed by atoms with van der Waals surface area (Å²) in [6.07, 6.45) is 0.623. The Kier molecular flexibility index (Phi) is 5.08. The van der Waals surface area contributed by atoms with Crippen LogP contribution in [0.5, 0.6) is 17.2 Å². The van der Waals surface area contributed by atoms with Crippen LogP contribution in [0.4, 0.5) is 9.59 Å². The molecule has 1 fully saturated rings. The number of primary amides is 1. The maximum atomic E-state index is 12.3. The van der Waals surface area contributed by atoms with Gasteiger partial charge in [-0.25, -0.2) is 9.59 Å². The molecule has 0 radical (unpaired) electrons. The van der Waals surface area contributed by atoms with E-state index in [2.05, 4.69) is 26.1 Å². The van der Waals surface area contributed by atoms with Crippen LogP contribution in [0.3, 0.4) is 0 Å². The van der Waals surface area contributed by atoms with Gasteiger partial charge in [0.1, 0.15) is 6.10 Å². The summed E-state index contributed by atoms with van der Waals surface area (Å²) in [6.45, 7) is 6.78. The third-order valence-corrected chi connectivity index (χ3v) is 4.91. The third-order valence-electron chi connectivity index (χ3n) is 4.91. The van der Waals surface area contributed by atoms with Crippen LogP contribution in [0.1, 0.15) is 40.0 Å². The highest BCUT2D eigenvalue weighted by molar-refractivity contribution is 5.72. The lowest BCUT2D eigenvalue weighted by Gasteiger charge is -2.45. The van der Waals surface area contributed by atoms with E-state index in [0.29, 0.717) is 30.2 Å². The number of para-hydroxylation sites is 1. The first kappa shape index (κ1) is 19.1. The standard InChI is InChI=1S/C19H26N2O6/c1-18(2)7-12(26-16(20)22)8-19(3,9-18)10-21-17(23)27-14-6-4-5-13-15(14)25-11-24-13/h4-6,12H,7-11H2,1-3H3,(H2,20,22)(H,21,23). The molecule has 0 spiro atoms. The molecule has 8 heteroatoms. The predicted molar refractivity (Wildman–Crippen MR) is 96.8 cm³/mol. The number of nitrogens with two attached hydrogens (primary N) is 1. The first-order valence-electron chi connectivity index (χ1n) is 8.96. The first-order valence-corrected chi connectivity index (χ1v) is 8.96. The third kappa shape index (κ3) is 4.75. The highest BCUT2D eigenvalue weighted by Crippen LogP contribution is 2.46. The fraction of sp³-hybridized carbons (Fsp3) is 0.579. The molecule has 2 unspecified atom stereocenters. The van der Waals surface area contributed by atoms with Gasteiger partial charge in [-0.2, -0.15) is 0 Å². The number of rotatable bonds is 4. The minimum Gasteiger partial charge on any atom is -0.453 e. The Bertz CT molecular complexity index is 735. The number of ether oxygens (including phenoxy) is 4. The largest absolute Gasteiger partial charge is 0.453 e.